The molecule has 0 radical (unpaired) electrons. The Labute approximate surface area is 156 Å². The molecule has 0 spiro atoms. The lowest BCUT2D eigenvalue weighted by Gasteiger charge is -2.20. The smallest absolute Gasteiger partial charge is 0.222 e. The first-order chi connectivity index (χ1) is 12.7. The molecule has 6 heteroatoms. The monoisotopic (exact) mass is 362 g/mol. The van der Waals surface area contributed by atoms with E-state index in [1.165, 1.54) is 6.07 Å². The summed E-state index contributed by atoms with van der Waals surface area (Å²) in [6.45, 7) is 5.86. The Morgan fingerprint density at radius 1 is 1.27 bits per heavy atom. The number of nitrogens with one attached hydrogen (secondary N) is 2. The van der Waals surface area contributed by atoms with Crippen LogP contribution in [0.3, 0.4) is 0 Å². The summed E-state index contributed by atoms with van der Waals surface area (Å²) < 4.78 is 13.2. The van der Waals surface area contributed by atoms with Crippen LogP contribution in [0.15, 0.2) is 29.3 Å². The van der Waals surface area contributed by atoms with E-state index in [2.05, 4.69) is 15.6 Å². The van der Waals surface area contributed by atoms with Gasteiger partial charge in [-0.2, -0.15) is 0 Å². The summed E-state index contributed by atoms with van der Waals surface area (Å²) >= 11 is 0. The molecule has 1 fully saturated rings. The number of likely N-dealkylation sites (tertiary alicyclic amines) is 1. The minimum atomic E-state index is -0.203. The standard InChI is InChI=1S/C20H31FN4O/c1-2-22-20(24-13-11-17-8-6-9-18(21)16-17)23-12-7-15-25-14-5-3-4-10-19(25)26/h6,8-9,16H,2-5,7,10-15H2,1H3,(H2,22,23,24). The van der Waals surface area contributed by atoms with Crippen LogP contribution in [0.5, 0.6) is 0 Å². The molecule has 1 heterocycles. The molecule has 5 nitrogen and oxygen atoms in total. The van der Waals surface area contributed by atoms with Crippen molar-refractivity contribution >= 4 is 11.9 Å². The molecular weight excluding hydrogens is 331 g/mol. The zero-order chi connectivity index (χ0) is 18.6. The quantitative estimate of drug-likeness (QED) is 0.425. The van der Waals surface area contributed by atoms with Crippen LogP contribution in [0, 0.1) is 5.82 Å². The van der Waals surface area contributed by atoms with Gasteiger partial charge in [-0.05, 0) is 50.3 Å². The molecule has 0 aromatic heterocycles. The maximum Gasteiger partial charge on any atom is 0.222 e. The summed E-state index contributed by atoms with van der Waals surface area (Å²) in [4.78, 5) is 18.5. The maximum atomic E-state index is 13.2. The third-order valence-corrected chi connectivity index (χ3v) is 4.47. The maximum absolute atomic E-state index is 13.2. The molecule has 1 aromatic rings. The third-order valence-electron chi connectivity index (χ3n) is 4.47. The molecule has 1 aliphatic rings. The lowest BCUT2D eigenvalue weighted by molar-refractivity contribution is -0.130. The molecule has 2 rings (SSSR count). The van der Waals surface area contributed by atoms with Gasteiger partial charge in [-0.3, -0.25) is 9.79 Å². The minimum absolute atomic E-state index is 0.203. The summed E-state index contributed by atoms with van der Waals surface area (Å²) in [5.74, 6) is 0.851. The number of nitrogens with zero attached hydrogens (tertiary/aromatic N) is 2. The highest BCUT2D eigenvalue weighted by molar-refractivity contribution is 5.79. The highest BCUT2D eigenvalue weighted by Crippen LogP contribution is 2.11. The fraction of sp³-hybridized carbons (Fsp3) is 0.600. The van der Waals surface area contributed by atoms with E-state index in [4.69, 9.17) is 0 Å². The predicted molar refractivity (Wildman–Crippen MR) is 104 cm³/mol. The number of hydrogen-bond donors (Lipinski definition) is 2. The lowest BCUT2D eigenvalue weighted by atomic mass is 10.1. The summed E-state index contributed by atoms with van der Waals surface area (Å²) in [5.41, 5.74) is 0.966. The molecule has 0 unspecified atom stereocenters. The number of rotatable bonds is 8. The number of guanidine groups is 1. The van der Waals surface area contributed by atoms with E-state index in [0.717, 1.165) is 63.3 Å². The first-order valence-electron chi connectivity index (χ1n) is 9.73. The van der Waals surface area contributed by atoms with Gasteiger partial charge >= 0.3 is 0 Å². The van der Waals surface area contributed by atoms with E-state index in [1.54, 1.807) is 12.1 Å². The van der Waals surface area contributed by atoms with E-state index in [1.807, 2.05) is 17.9 Å². The number of carbonyl (C=O) groups excluding carboxylic acids is 1. The molecule has 26 heavy (non-hydrogen) atoms. The zero-order valence-corrected chi connectivity index (χ0v) is 15.8. The van der Waals surface area contributed by atoms with Gasteiger partial charge < -0.3 is 15.5 Å². The second kappa shape index (κ2) is 11.5. The molecule has 1 aromatic carbocycles. The minimum Gasteiger partial charge on any atom is -0.357 e. The Morgan fingerprint density at radius 3 is 2.96 bits per heavy atom. The molecule has 144 valence electrons. The fourth-order valence-corrected chi connectivity index (χ4v) is 3.09. The molecule has 0 atom stereocenters. The van der Waals surface area contributed by atoms with E-state index in [9.17, 15) is 9.18 Å². The van der Waals surface area contributed by atoms with Crippen LogP contribution in [0.25, 0.3) is 0 Å². The van der Waals surface area contributed by atoms with Gasteiger partial charge in [-0.25, -0.2) is 4.39 Å². The number of halogens is 1. The highest BCUT2D eigenvalue weighted by Gasteiger charge is 2.15. The van der Waals surface area contributed by atoms with Crippen LogP contribution >= 0.6 is 0 Å². The second-order valence-electron chi connectivity index (χ2n) is 6.61. The lowest BCUT2D eigenvalue weighted by Crippen LogP contribution is -2.38. The third kappa shape index (κ3) is 7.42. The molecule has 0 aliphatic carbocycles. The predicted octanol–water partition coefficient (Wildman–Crippen LogP) is 2.72. The van der Waals surface area contributed by atoms with Gasteiger partial charge in [0.25, 0.3) is 0 Å². The topological polar surface area (TPSA) is 56.7 Å². The molecule has 1 amide bonds. The Bertz CT molecular complexity index is 591. The molecular formula is C20H31FN4O. The zero-order valence-electron chi connectivity index (χ0n) is 15.8. The average Bonchev–Trinajstić information content (AvgIpc) is 2.83. The number of aliphatic imine (C=N–C) groups is 1. The van der Waals surface area contributed by atoms with Gasteiger partial charge in [-0.15, -0.1) is 0 Å². The molecule has 0 saturated carbocycles. The average molecular weight is 362 g/mol. The van der Waals surface area contributed by atoms with Gasteiger partial charge in [0.1, 0.15) is 5.82 Å². The van der Waals surface area contributed by atoms with Crippen molar-refractivity contribution in [1.82, 2.24) is 15.5 Å². The summed E-state index contributed by atoms with van der Waals surface area (Å²) in [5, 5.41) is 6.50. The first-order valence-corrected chi connectivity index (χ1v) is 9.73. The van der Waals surface area contributed by atoms with Crippen LogP contribution < -0.4 is 10.6 Å². The van der Waals surface area contributed by atoms with Crippen LogP contribution in [-0.2, 0) is 11.2 Å². The second-order valence-corrected chi connectivity index (χ2v) is 6.61. The highest BCUT2D eigenvalue weighted by atomic mass is 19.1. The molecule has 0 bridgehead atoms. The normalized spacial score (nSPS) is 15.7. The fourth-order valence-electron chi connectivity index (χ4n) is 3.09. The van der Waals surface area contributed by atoms with Gasteiger partial charge in [0.05, 0.1) is 0 Å². The van der Waals surface area contributed by atoms with Crippen molar-refractivity contribution in [2.24, 2.45) is 4.99 Å². The van der Waals surface area contributed by atoms with E-state index in [0.29, 0.717) is 19.5 Å². The summed E-state index contributed by atoms with van der Waals surface area (Å²) in [7, 11) is 0. The molecule has 1 aliphatic heterocycles. The Hall–Kier alpha value is -2.11. The Balaban J connectivity index is 1.72. The van der Waals surface area contributed by atoms with Gasteiger partial charge in [0.2, 0.25) is 5.91 Å². The number of amides is 1. The van der Waals surface area contributed by atoms with Crippen molar-refractivity contribution in [1.29, 1.82) is 0 Å². The van der Waals surface area contributed by atoms with Crippen molar-refractivity contribution in [2.75, 3.05) is 32.7 Å². The number of benzene rings is 1. The van der Waals surface area contributed by atoms with E-state index >= 15 is 0 Å². The SMILES string of the molecule is CCNC(=NCCCN1CCCCCC1=O)NCCc1cccc(F)c1. The van der Waals surface area contributed by atoms with Crippen LogP contribution in [0.4, 0.5) is 4.39 Å². The van der Waals surface area contributed by atoms with Crippen molar-refractivity contribution in [3.05, 3.63) is 35.6 Å². The number of hydrogen-bond acceptors (Lipinski definition) is 2. The summed E-state index contributed by atoms with van der Waals surface area (Å²) in [6.07, 6.45) is 5.58. The van der Waals surface area contributed by atoms with Crippen molar-refractivity contribution < 1.29 is 9.18 Å². The Kier molecular flexibility index (Phi) is 8.93. The molecule has 2 N–H and O–H groups in total. The van der Waals surface area contributed by atoms with Crippen molar-refractivity contribution in [3.63, 3.8) is 0 Å². The molecule has 1 saturated heterocycles. The van der Waals surface area contributed by atoms with Crippen molar-refractivity contribution in [3.8, 4) is 0 Å². The largest absolute Gasteiger partial charge is 0.357 e. The van der Waals surface area contributed by atoms with Crippen LogP contribution in [0.2, 0.25) is 0 Å². The van der Waals surface area contributed by atoms with Gasteiger partial charge in [0, 0.05) is 39.1 Å². The van der Waals surface area contributed by atoms with Gasteiger partial charge in [-0.1, -0.05) is 18.6 Å². The van der Waals surface area contributed by atoms with Crippen molar-refractivity contribution in [2.45, 2.75) is 45.4 Å². The number of carbonyl (C=O) groups is 1. The van der Waals surface area contributed by atoms with E-state index in [-0.39, 0.29) is 11.7 Å². The van der Waals surface area contributed by atoms with Crippen LogP contribution in [0.1, 0.15) is 44.6 Å². The summed E-state index contributed by atoms with van der Waals surface area (Å²) in [6, 6.07) is 6.67. The van der Waals surface area contributed by atoms with Gasteiger partial charge in [0.15, 0.2) is 5.96 Å². The van der Waals surface area contributed by atoms with E-state index < -0.39 is 0 Å². The Morgan fingerprint density at radius 2 is 2.15 bits per heavy atom. The first kappa shape index (κ1) is 20.2. The van der Waals surface area contributed by atoms with Crippen LogP contribution in [-0.4, -0.2) is 49.5 Å².